The Morgan fingerprint density at radius 2 is 1.74 bits per heavy atom. The number of guanidine groups is 1. The molecule has 0 aromatic carbocycles. The second kappa shape index (κ2) is 14.1. The first kappa shape index (κ1) is 27.0. The zero-order valence-corrected chi connectivity index (χ0v) is 20.2. The van der Waals surface area contributed by atoms with Gasteiger partial charge in [-0.05, 0) is 27.2 Å². The summed E-state index contributed by atoms with van der Waals surface area (Å²) >= 11 is 0. The van der Waals surface area contributed by atoms with Crippen molar-refractivity contribution in [3.8, 4) is 0 Å². The van der Waals surface area contributed by atoms with Crippen molar-refractivity contribution >= 4 is 18.0 Å². The molecule has 180 valence electrons. The van der Waals surface area contributed by atoms with E-state index in [0.717, 1.165) is 38.6 Å². The molecule has 0 aromatic heterocycles. The zero-order valence-electron chi connectivity index (χ0n) is 20.2. The van der Waals surface area contributed by atoms with Gasteiger partial charge in [0.1, 0.15) is 5.60 Å². The van der Waals surface area contributed by atoms with E-state index < -0.39 is 5.60 Å². The highest BCUT2D eigenvalue weighted by Gasteiger charge is 2.23. The maximum absolute atomic E-state index is 12.4. The molecule has 1 aliphatic heterocycles. The topological polar surface area (TPSA) is 98.7 Å². The van der Waals surface area contributed by atoms with Gasteiger partial charge in [0.25, 0.3) is 0 Å². The third-order valence-electron chi connectivity index (χ3n) is 4.69. The maximum atomic E-state index is 12.4. The van der Waals surface area contributed by atoms with Gasteiger partial charge >= 0.3 is 6.09 Å². The highest BCUT2D eigenvalue weighted by Crippen LogP contribution is 2.10. The molecule has 0 atom stereocenters. The fraction of sp³-hybridized carbons (Fsp3) is 0.857. The van der Waals surface area contributed by atoms with E-state index >= 15 is 0 Å². The summed E-state index contributed by atoms with van der Waals surface area (Å²) < 4.78 is 10.4. The average Bonchev–Trinajstić information content (AvgIpc) is 2.70. The van der Waals surface area contributed by atoms with Gasteiger partial charge in [0, 0.05) is 66.5 Å². The number of rotatable bonds is 10. The molecule has 0 unspecified atom stereocenters. The maximum Gasteiger partial charge on any atom is 0.410 e. The van der Waals surface area contributed by atoms with Crippen LogP contribution in [0, 0.1) is 0 Å². The molecule has 0 spiro atoms. The van der Waals surface area contributed by atoms with E-state index in [1.54, 1.807) is 19.1 Å². The Balaban J connectivity index is 2.41. The summed E-state index contributed by atoms with van der Waals surface area (Å²) in [7, 11) is 3.38. The molecule has 0 saturated carbocycles. The summed E-state index contributed by atoms with van der Waals surface area (Å²) in [6.45, 7) is 14.1. The lowest BCUT2D eigenvalue weighted by molar-refractivity contribution is -0.122. The standard InChI is InChI=1S/C21H42N6O4/c1-7-10-27(20(29)31-21(2,3)4)11-8-24-19(22-5)26-14-12-25(13-15-26)17-18(28)23-9-16-30-6/h7-17H2,1-6H3,(H,22,24)(H,23,28). The van der Waals surface area contributed by atoms with Crippen LogP contribution in [0.15, 0.2) is 4.99 Å². The molecule has 1 aliphatic rings. The number of methoxy groups -OCH3 is 1. The van der Waals surface area contributed by atoms with Crippen molar-refractivity contribution in [3.63, 3.8) is 0 Å². The van der Waals surface area contributed by atoms with Crippen molar-refractivity contribution in [1.29, 1.82) is 0 Å². The second-order valence-electron chi connectivity index (χ2n) is 8.55. The minimum Gasteiger partial charge on any atom is -0.444 e. The van der Waals surface area contributed by atoms with Gasteiger partial charge in [0.2, 0.25) is 5.91 Å². The van der Waals surface area contributed by atoms with Crippen LogP contribution in [0.4, 0.5) is 4.79 Å². The first-order chi connectivity index (χ1) is 14.7. The Labute approximate surface area is 187 Å². The minimum atomic E-state index is -0.507. The Hall–Kier alpha value is -2.07. The third kappa shape index (κ3) is 11.2. The number of nitrogens with zero attached hydrogens (tertiary/aromatic N) is 4. The van der Waals surface area contributed by atoms with E-state index in [2.05, 4.69) is 25.4 Å². The van der Waals surface area contributed by atoms with E-state index in [1.165, 1.54) is 0 Å². The monoisotopic (exact) mass is 442 g/mol. The molecule has 1 rings (SSSR count). The van der Waals surface area contributed by atoms with Crippen molar-refractivity contribution in [2.45, 2.75) is 39.7 Å². The van der Waals surface area contributed by atoms with Crippen LogP contribution in [0.2, 0.25) is 0 Å². The lowest BCUT2D eigenvalue weighted by Gasteiger charge is -2.36. The number of piperazine rings is 1. The van der Waals surface area contributed by atoms with E-state index in [4.69, 9.17) is 9.47 Å². The van der Waals surface area contributed by atoms with Crippen LogP contribution in [0.5, 0.6) is 0 Å². The number of carbonyl (C=O) groups excluding carboxylic acids is 2. The fourth-order valence-corrected chi connectivity index (χ4v) is 3.20. The van der Waals surface area contributed by atoms with Crippen LogP contribution in [-0.4, -0.2) is 118 Å². The van der Waals surface area contributed by atoms with Crippen molar-refractivity contribution in [3.05, 3.63) is 0 Å². The van der Waals surface area contributed by atoms with Gasteiger partial charge in [-0.25, -0.2) is 4.79 Å². The summed E-state index contributed by atoms with van der Waals surface area (Å²) in [5.74, 6) is 0.830. The average molecular weight is 443 g/mol. The van der Waals surface area contributed by atoms with Crippen molar-refractivity contribution in [2.75, 3.05) is 79.7 Å². The Morgan fingerprint density at radius 1 is 1.06 bits per heavy atom. The zero-order chi connectivity index (χ0) is 23.3. The summed E-state index contributed by atoms with van der Waals surface area (Å²) in [4.78, 5) is 34.8. The number of amides is 2. The number of nitrogens with one attached hydrogen (secondary N) is 2. The van der Waals surface area contributed by atoms with E-state index in [9.17, 15) is 9.59 Å². The molecule has 31 heavy (non-hydrogen) atoms. The van der Waals surface area contributed by atoms with Crippen LogP contribution >= 0.6 is 0 Å². The first-order valence-electron chi connectivity index (χ1n) is 11.1. The quantitative estimate of drug-likeness (QED) is 0.290. The van der Waals surface area contributed by atoms with E-state index in [1.807, 2.05) is 27.7 Å². The van der Waals surface area contributed by atoms with Crippen molar-refractivity contribution in [1.82, 2.24) is 25.3 Å². The molecule has 0 bridgehead atoms. The molecule has 0 aromatic rings. The molecule has 0 radical (unpaired) electrons. The lowest BCUT2D eigenvalue weighted by Crippen LogP contribution is -2.54. The Bertz CT molecular complexity index is 571. The van der Waals surface area contributed by atoms with Gasteiger partial charge in [-0.1, -0.05) is 6.92 Å². The van der Waals surface area contributed by atoms with Gasteiger partial charge in [0.15, 0.2) is 5.96 Å². The van der Waals surface area contributed by atoms with E-state index in [0.29, 0.717) is 39.3 Å². The molecule has 10 nitrogen and oxygen atoms in total. The molecule has 1 saturated heterocycles. The highest BCUT2D eigenvalue weighted by atomic mass is 16.6. The summed E-state index contributed by atoms with van der Waals surface area (Å²) in [5.41, 5.74) is -0.507. The lowest BCUT2D eigenvalue weighted by atomic mass is 10.2. The number of carbonyl (C=O) groups is 2. The number of hydrogen-bond donors (Lipinski definition) is 2. The smallest absolute Gasteiger partial charge is 0.410 e. The van der Waals surface area contributed by atoms with Crippen LogP contribution < -0.4 is 10.6 Å². The number of ether oxygens (including phenoxy) is 2. The minimum absolute atomic E-state index is 0.0196. The summed E-state index contributed by atoms with van der Waals surface area (Å²) in [5, 5.41) is 6.20. The SMILES string of the molecule is CCCN(CCNC(=NC)N1CCN(CC(=O)NCCOC)CC1)C(=O)OC(C)(C)C. The predicted molar refractivity (Wildman–Crippen MR) is 122 cm³/mol. The highest BCUT2D eigenvalue weighted by molar-refractivity contribution is 5.80. The van der Waals surface area contributed by atoms with Gasteiger partial charge in [0.05, 0.1) is 13.2 Å². The van der Waals surface area contributed by atoms with Crippen molar-refractivity contribution < 1.29 is 19.1 Å². The largest absolute Gasteiger partial charge is 0.444 e. The molecule has 2 N–H and O–H groups in total. The third-order valence-corrected chi connectivity index (χ3v) is 4.69. The summed E-state index contributed by atoms with van der Waals surface area (Å²) in [6.07, 6.45) is 0.582. The molecule has 2 amide bonds. The molecular formula is C21H42N6O4. The Kier molecular flexibility index (Phi) is 12.2. The fourth-order valence-electron chi connectivity index (χ4n) is 3.20. The van der Waals surface area contributed by atoms with Crippen LogP contribution in [0.1, 0.15) is 34.1 Å². The van der Waals surface area contributed by atoms with Crippen LogP contribution in [0.3, 0.4) is 0 Å². The number of hydrogen-bond acceptors (Lipinski definition) is 6. The number of aliphatic imine (C=N–C) groups is 1. The van der Waals surface area contributed by atoms with Crippen molar-refractivity contribution in [2.24, 2.45) is 4.99 Å². The molecule has 0 aliphatic carbocycles. The van der Waals surface area contributed by atoms with Gasteiger partial charge in [-0.3, -0.25) is 14.7 Å². The molecule has 1 heterocycles. The van der Waals surface area contributed by atoms with Gasteiger partial charge < -0.3 is 29.9 Å². The summed E-state index contributed by atoms with van der Waals surface area (Å²) in [6, 6.07) is 0. The second-order valence-corrected chi connectivity index (χ2v) is 8.55. The molecular weight excluding hydrogens is 400 g/mol. The predicted octanol–water partition coefficient (Wildman–Crippen LogP) is 0.589. The van der Waals surface area contributed by atoms with Crippen LogP contribution in [-0.2, 0) is 14.3 Å². The van der Waals surface area contributed by atoms with Gasteiger partial charge in [-0.15, -0.1) is 0 Å². The normalized spacial score (nSPS) is 15.5. The Morgan fingerprint density at radius 3 is 2.29 bits per heavy atom. The first-order valence-corrected chi connectivity index (χ1v) is 11.1. The molecule has 10 heteroatoms. The molecule has 1 fully saturated rings. The van der Waals surface area contributed by atoms with E-state index in [-0.39, 0.29) is 12.0 Å². The van der Waals surface area contributed by atoms with Gasteiger partial charge in [-0.2, -0.15) is 0 Å². The van der Waals surface area contributed by atoms with Crippen LogP contribution in [0.25, 0.3) is 0 Å².